The zero-order valence-corrected chi connectivity index (χ0v) is 19.0. The number of likely N-dealkylation sites (tertiary alicyclic amines) is 1. The molecular weight excluding hydrogens is 404 g/mol. The summed E-state index contributed by atoms with van der Waals surface area (Å²) >= 11 is 0. The summed E-state index contributed by atoms with van der Waals surface area (Å²) in [5.74, 6) is 0.582. The molecule has 6 nitrogen and oxygen atoms in total. The van der Waals surface area contributed by atoms with E-state index in [-0.39, 0.29) is 35.4 Å². The SMILES string of the molecule is COc1cccc([C@@]23CCN(C)C[C@H]2C(OC(C)=O)C[C@@H](NC(=O)c2ccccc2)C3)c1. The summed E-state index contributed by atoms with van der Waals surface area (Å²) in [5.41, 5.74) is 1.61. The number of fused-ring (bicyclic) bond motifs is 1. The molecule has 1 heterocycles. The van der Waals surface area contributed by atoms with E-state index in [1.807, 2.05) is 42.5 Å². The van der Waals surface area contributed by atoms with Gasteiger partial charge in [-0.25, -0.2) is 0 Å². The number of methoxy groups -OCH3 is 1. The fraction of sp³-hybridized carbons (Fsp3) is 0.462. The first-order valence-corrected chi connectivity index (χ1v) is 11.3. The number of benzene rings is 2. The van der Waals surface area contributed by atoms with Crippen LogP contribution in [0.3, 0.4) is 0 Å². The Kier molecular flexibility index (Phi) is 6.51. The lowest BCUT2D eigenvalue weighted by Gasteiger charge is -2.55. The van der Waals surface area contributed by atoms with Crippen LogP contribution in [0, 0.1) is 5.92 Å². The van der Waals surface area contributed by atoms with E-state index in [1.165, 1.54) is 12.5 Å². The van der Waals surface area contributed by atoms with Gasteiger partial charge >= 0.3 is 5.97 Å². The van der Waals surface area contributed by atoms with Gasteiger partial charge in [0.15, 0.2) is 0 Å². The first kappa shape index (κ1) is 22.3. The van der Waals surface area contributed by atoms with Crippen molar-refractivity contribution in [2.75, 3.05) is 27.2 Å². The minimum absolute atomic E-state index is 0.0932. The fourth-order valence-corrected chi connectivity index (χ4v) is 5.59. The zero-order chi connectivity index (χ0) is 22.7. The molecule has 1 saturated carbocycles. The average Bonchev–Trinajstić information content (AvgIpc) is 2.80. The van der Waals surface area contributed by atoms with Crippen LogP contribution in [-0.4, -0.2) is 56.2 Å². The lowest BCUT2D eigenvalue weighted by atomic mass is 9.57. The maximum Gasteiger partial charge on any atom is 0.302 e. The molecular formula is C26H32N2O4. The highest BCUT2D eigenvalue weighted by atomic mass is 16.5. The number of amides is 1. The zero-order valence-electron chi connectivity index (χ0n) is 19.0. The van der Waals surface area contributed by atoms with Crippen LogP contribution in [0.5, 0.6) is 5.75 Å². The van der Waals surface area contributed by atoms with Crippen LogP contribution in [0.25, 0.3) is 0 Å². The minimum atomic E-state index is -0.280. The molecule has 32 heavy (non-hydrogen) atoms. The topological polar surface area (TPSA) is 67.9 Å². The van der Waals surface area contributed by atoms with Gasteiger partial charge in [-0.3, -0.25) is 9.59 Å². The number of esters is 1. The standard InChI is InChI=1S/C26H32N2O4/c1-18(29)32-24-15-21(27-25(30)19-8-5-4-6-9-19)16-26(12-13-28(2)17-23(24)26)20-10-7-11-22(14-20)31-3/h4-11,14,21,23-24H,12-13,15-17H2,1-3H3,(H,27,30)/t21-,23+,24?,26+/m1/s1. The largest absolute Gasteiger partial charge is 0.497 e. The number of nitrogens with zero attached hydrogens (tertiary/aromatic N) is 1. The Hall–Kier alpha value is -2.86. The van der Waals surface area contributed by atoms with Crippen molar-refractivity contribution >= 4 is 11.9 Å². The van der Waals surface area contributed by atoms with Crippen LogP contribution in [0.1, 0.15) is 42.1 Å². The summed E-state index contributed by atoms with van der Waals surface area (Å²) in [6.45, 7) is 3.25. The number of carbonyl (C=O) groups is 2. The molecule has 2 aromatic carbocycles. The summed E-state index contributed by atoms with van der Waals surface area (Å²) in [5, 5.41) is 3.23. The van der Waals surface area contributed by atoms with E-state index in [1.54, 1.807) is 7.11 Å². The summed E-state index contributed by atoms with van der Waals surface area (Å²) in [6.07, 6.45) is 2.07. The Balaban J connectivity index is 1.70. The summed E-state index contributed by atoms with van der Waals surface area (Å²) in [4.78, 5) is 27.3. The lowest BCUT2D eigenvalue weighted by molar-refractivity contribution is -0.156. The molecule has 6 heteroatoms. The van der Waals surface area contributed by atoms with Gasteiger partial charge in [-0.15, -0.1) is 0 Å². The maximum atomic E-state index is 12.9. The predicted octanol–water partition coefficient (Wildman–Crippen LogP) is 3.41. The molecule has 2 aromatic rings. The highest BCUT2D eigenvalue weighted by molar-refractivity contribution is 5.94. The van der Waals surface area contributed by atoms with Crippen molar-refractivity contribution < 1.29 is 19.1 Å². The van der Waals surface area contributed by atoms with Crippen LogP contribution in [0.4, 0.5) is 0 Å². The van der Waals surface area contributed by atoms with E-state index in [0.717, 1.165) is 31.7 Å². The van der Waals surface area contributed by atoms with Gasteiger partial charge in [-0.1, -0.05) is 30.3 Å². The first-order chi connectivity index (χ1) is 15.4. The highest BCUT2D eigenvalue weighted by Crippen LogP contribution is 2.50. The van der Waals surface area contributed by atoms with Crippen LogP contribution in [-0.2, 0) is 14.9 Å². The molecule has 1 amide bonds. The molecule has 0 spiro atoms. The normalized spacial score (nSPS) is 27.8. The van der Waals surface area contributed by atoms with Crippen LogP contribution in [0.15, 0.2) is 54.6 Å². The molecule has 1 saturated heterocycles. The van der Waals surface area contributed by atoms with E-state index >= 15 is 0 Å². The second kappa shape index (κ2) is 9.33. The molecule has 1 N–H and O–H groups in total. The van der Waals surface area contributed by atoms with Gasteiger partial charge in [0.25, 0.3) is 5.91 Å². The number of piperidine rings is 1. The van der Waals surface area contributed by atoms with E-state index < -0.39 is 0 Å². The smallest absolute Gasteiger partial charge is 0.302 e. The Bertz CT molecular complexity index is 963. The van der Waals surface area contributed by atoms with Crippen molar-refractivity contribution in [1.29, 1.82) is 0 Å². The van der Waals surface area contributed by atoms with Gasteiger partial charge in [0.1, 0.15) is 11.9 Å². The monoisotopic (exact) mass is 436 g/mol. The van der Waals surface area contributed by atoms with Gasteiger partial charge in [0, 0.05) is 42.8 Å². The molecule has 4 atom stereocenters. The Morgan fingerprint density at radius 3 is 2.62 bits per heavy atom. The third-order valence-electron chi connectivity index (χ3n) is 7.07. The van der Waals surface area contributed by atoms with Crippen molar-refractivity contribution in [3.8, 4) is 5.75 Å². The summed E-state index contributed by atoms with van der Waals surface area (Å²) < 4.78 is 11.4. The molecule has 1 aliphatic carbocycles. The Morgan fingerprint density at radius 1 is 1.12 bits per heavy atom. The molecule has 0 aromatic heterocycles. The number of hydrogen-bond donors (Lipinski definition) is 1. The third-order valence-corrected chi connectivity index (χ3v) is 7.07. The number of carbonyl (C=O) groups excluding carboxylic acids is 2. The lowest BCUT2D eigenvalue weighted by Crippen LogP contribution is -2.61. The third kappa shape index (κ3) is 4.51. The van der Waals surface area contributed by atoms with Crippen molar-refractivity contribution in [2.45, 2.75) is 43.7 Å². The quantitative estimate of drug-likeness (QED) is 0.728. The fourth-order valence-electron chi connectivity index (χ4n) is 5.59. The minimum Gasteiger partial charge on any atom is -0.497 e. The number of rotatable bonds is 5. The van der Waals surface area contributed by atoms with Crippen LogP contribution < -0.4 is 10.1 Å². The van der Waals surface area contributed by atoms with E-state index in [0.29, 0.717) is 12.0 Å². The molecule has 1 unspecified atom stereocenters. The second-order valence-corrected chi connectivity index (χ2v) is 9.13. The van der Waals surface area contributed by atoms with Crippen molar-refractivity contribution in [2.24, 2.45) is 5.92 Å². The van der Waals surface area contributed by atoms with Crippen molar-refractivity contribution in [1.82, 2.24) is 10.2 Å². The molecule has 1 aliphatic heterocycles. The van der Waals surface area contributed by atoms with E-state index in [9.17, 15) is 9.59 Å². The van der Waals surface area contributed by atoms with Crippen LogP contribution >= 0.6 is 0 Å². The van der Waals surface area contributed by atoms with Gasteiger partial charge in [-0.2, -0.15) is 0 Å². The second-order valence-electron chi connectivity index (χ2n) is 9.13. The van der Waals surface area contributed by atoms with E-state index in [4.69, 9.17) is 9.47 Å². The predicted molar refractivity (Wildman–Crippen MR) is 123 cm³/mol. The molecule has 170 valence electrons. The number of hydrogen-bond acceptors (Lipinski definition) is 5. The molecule has 0 radical (unpaired) electrons. The summed E-state index contributed by atoms with van der Waals surface area (Å²) in [7, 11) is 3.79. The summed E-state index contributed by atoms with van der Waals surface area (Å²) in [6, 6.07) is 17.4. The number of nitrogens with one attached hydrogen (secondary N) is 1. The van der Waals surface area contributed by atoms with Crippen molar-refractivity contribution in [3.05, 3.63) is 65.7 Å². The van der Waals surface area contributed by atoms with Crippen LogP contribution in [0.2, 0.25) is 0 Å². The van der Waals surface area contributed by atoms with Gasteiger partial charge in [-0.05, 0) is 56.3 Å². The van der Waals surface area contributed by atoms with E-state index in [2.05, 4.69) is 29.4 Å². The molecule has 0 bridgehead atoms. The van der Waals surface area contributed by atoms with Gasteiger partial charge in [0.05, 0.1) is 7.11 Å². The Labute approximate surface area is 189 Å². The highest BCUT2D eigenvalue weighted by Gasteiger charge is 2.53. The first-order valence-electron chi connectivity index (χ1n) is 11.3. The maximum absolute atomic E-state index is 12.9. The van der Waals surface area contributed by atoms with Crippen molar-refractivity contribution in [3.63, 3.8) is 0 Å². The van der Waals surface area contributed by atoms with Gasteiger partial charge < -0.3 is 19.7 Å². The molecule has 4 rings (SSSR count). The molecule has 2 aliphatic rings. The van der Waals surface area contributed by atoms with Gasteiger partial charge in [0.2, 0.25) is 0 Å². The number of ether oxygens (including phenoxy) is 2. The Morgan fingerprint density at radius 2 is 1.91 bits per heavy atom. The molecule has 2 fully saturated rings. The average molecular weight is 437 g/mol.